The van der Waals surface area contributed by atoms with Crippen molar-refractivity contribution in [2.24, 2.45) is 0 Å². The Hall–Kier alpha value is -1.92. The van der Waals surface area contributed by atoms with Crippen molar-refractivity contribution in [3.05, 3.63) is 46.2 Å². The van der Waals surface area contributed by atoms with Crippen LogP contribution < -0.4 is 5.32 Å². The molecular formula is C15H13ClFN3OS. The third-order valence-corrected chi connectivity index (χ3v) is 4.85. The Morgan fingerprint density at radius 3 is 2.91 bits per heavy atom. The predicted molar refractivity (Wildman–Crippen MR) is 87.4 cm³/mol. The highest BCUT2D eigenvalue weighted by atomic mass is 35.5. The first kappa shape index (κ1) is 15.0. The van der Waals surface area contributed by atoms with Gasteiger partial charge in [-0.15, -0.1) is 11.3 Å². The number of hydrogen-bond acceptors (Lipinski definition) is 3. The van der Waals surface area contributed by atoms with Gasteiger partial charge in [-0.25, -0.2) is 9.07 Å². The number of benzene rings is 1. The van der Waals surface area contributed by atoms with Gasteiger partial charge < -0.3 is 5.32 Å². The van der Waals surface area contributed by atoms with Crippen molar-refractivity contribution < 1.29 is 9.18 Å². The Kier molecular flexibility index (Phi) is 3.88. The molecule has 3 rings (SSSR count). The number of amides is 1. The standard InChI is InChI=1S/C15H13ClFN3OS/c1-8(2)20-12(5-6-18-20)19-15(21)14-13(16)10-4-3-9(17)7-11(10)22-14/h3-8H,1-2H3,(H,19,21). The Bertz CT molecular complexity index is 856. The second-order valence-corrected chi connectivity index (χ2v) is 6.52. The van der Waals surface area contributed by atoms with Crippen LogP contribution in [-0.2, 0) is 0 Å². The number of fused-ring (bicyclic) bond motifs is 1. The maximum Gasteiger partial charge on any atom is 0.268 e. The molecule has 0 aliphatic carbocycles. The zero-order valence-corrected chi connectivity index (χ0v) is 13.5. The van der Waals surface area contributed by atoms with Crippen LogP contribution in [0.15, 0.2) is 30.5 Å². The number of halogens is 2. The molecule has 1 amide bonds. The van der Waals surface area contributed by atoms with E-state index in [1.54, 1.807) is 23.0 Å². The van der Waals surface area contributed by atoms with Gasteiger partial charge in [0, 0.05) is 22.2 Å². The van der Waals surface area contributed by atoms with Crippen molar-refractivity contribution in [3.8, 4) is 0 Å². The molecule has 3 aromatic rings. The molecular weight excluding hydrogens is 325 g/mol. The average Bonchev–Trinajstić information content (AvgIpc) is 3.03. The van der Waals surface area contributed by atoms with E-state index in [0.717, 1.165) is 0 Å². The summed E-state index contributed by atoms with van der Waals surface area (Å²) in [4.78, 5) is 12.8. The van der Waals surface area contributed by atoms with Crippen molar-refractivity contribution in [1.82, 2.24) is 9.78 Å². The van der Waals surface area contributed by atoms with Crippen LogP contribution in [0.2, 0.25) is 5.02 Å². The number of nitrogens with one attached hydrogen (secondary N) is 1. The van der Waals surface area contributed by atoms with E-state index in [1.165, 1.54) is 23.5 Å². The van der Waals surface area contributed by atoms with Crippen LogP contribution in [-0.4, -0.2) is 15.7 Å². The van der Waals surface area contributed by atoms with Gasteiger partial charge in [0.05, 0.1) is 11.2 Å². The number of carbonyl (C=O) groups is 1. The van der Waals surface area contributed by atoms with Crippen LogP contribution in [0.1, 0.15) is 29.6 Å². The van der Waals surface area contributed by atoms with Crippen molar-refractivity contribution in [2.75, 3.05) is 5.32 Å². The summed E-state index contributed by atoms with van der Waals surface area (Å²) in [5.74, 6) is -0.0797. The minimum Gasteiger partial charge on any atom is -0.306 e. The maximum atomic E-state index is 13.3. The molecule has 0 fully saturated rings. The molecule has 114 valence electrons. The average molecular weight is 338 g/mol. The number of anilines is 1. The summed E-state index contributed by atoms with van der Waals surface area (Å²) >= 11 is 7.42. The summed E-state index contributed by atoms with van der Waals surface area (Å²) in [6, 6.07) is 6.13. The molecule has 1 aromatic carbocycles. The van der Waals surface area contributed by atoms with Gasteiger partial charge in [0.25, 0.3) is 5.91 Å². The van der Waals surface area contributed by atoms with Crippen LogP contribution in [0.4, 0.5) is 10.2 Å². The molecule has 2 aromatic heterocycles. The van der Waals surface area contributed by atoms with E-state index in [1.807, 2.05) is 13.8 Å². The van der Waals surface area contributed by atoms with Gasteiger partial charge in [-0.05, 0) is 32.0 Å². The van der Waals surface area contributed by atoms with E-state index < -0.39 is 0 Å². The van der Waals surface area contributed by atoms with Gasteiger partial charge in [0.1, 0.15) is 16.5 Å². The Morgan fingerprint density at radius 2 is 2.18 bits per heavy atom. The number of hydrogen-bond donors (Lipinski definition) is 1. The lowest BCUT2D eigenvalue weighted by atomic mass is 10.2. The Labute approximate surface area is 135 Å². The van der Waals surface area contributed by atoms with Gasteiger partial charge in [-0.2, -0.15) is 5.10 Å². The molecule has 0 spiro atoms. The van der Waals surface area contributed by atoms with Crippen LogP contribution in [0.5, 0.6) is 0 Å². The highest BCUT2D eigenvalue weighted by Gasteiger charge is 2.19. The summed E-state index contributed by atoms with van der Waals surface area (Å²) in [5, 5.41) is 7.98. The summed E-state index contributed by atoms with van der Waals surface area (Å²) < 4.78 is 15.6. The number of rotatable bonds is 3. The number of carbonyl (C=O) groups excluding carboxylic acids is 1. The van der Waals surface area contributed by atoms with E-state index in [4.69, 9.17) is 11.6 Å². The quantitative estimate of drug-likeness (QED) is 0.751. The Morgan fingerprint density at radius 1 is 1.41 bits per heavy atom. The molecule has 2 heterocycles. The van der Waals surface area contributed by atoms with Gasteiger partial charge in [0.2, 0.25) is 0 Å². The summed E-state index contributed by atoms with van der Waals surface area (Å²) in [7, 11) is 0. The number of thiophene rings is 1. The fraction of sp³-hybridized carbons (Fsp3) is 0.200. The first-order chi connectivity index (χ1) is 10.5. The Balaban J connectivity index is 1.95. The molecule has 4 nitrogen and oxygen atoms in total. The van der Waals surface area contributed by atoms with Gasteiger partial charge in [-0.3, -0.25) is 4.79 Å². The predicted octanol–water partition coefficient (Wildman–Crippen LogP) is 4.72. The van der Waals surface area contributed by atoms with E-state index in [2.05, 4.69) is 10.4 Å². The molecule has 0 bridgehead atoms. The third-order valence-electron chi connectivity index (χ3n) is 3.20. The fourth-order valence-electron chi connectivity index (χ4n) is 2.18. The van der Waals surface area contributed by atoms with Crippen LogP contribution in [0.25, 0.3) is 10.1 Å². The number of aromatic nitrogens is 2. The van der Waals surface area contributed by atoms with Crippen molar-refractivity contribution in [3.63, 3.8) is 0 Å². The topological polar surface area (TPSA) is 46.9 Å². The molecule has 0 saturated carbocycles. The molecule has 1 N–H and O–H groups in total. The largest absolute Gasteiger partial charge is 0.306 e. The van der Waals surface area contributed by atoms with Crippen LogP contribution >= 0.6 is 22.9 Å². The van der Waals surface area contributed by atoms with Crippen molar-refractivity contribution in [2.45, 2.75) is 19.9 Å². The number of nitrogens with zero attached hydrogens (tertiary/aromatic N) is 2. The summed E-state index contributed by atoms with van der Waals surface area (Å²) in [6.07, 6.45) is 1.62. The first-order valence-electron chi connectivity index (χ1n) is 6.70. The SMILES string of the molecule is CC(C)n1nccc1NC(=O)c1sc2cc(F)ccc2c1Cl. The second-order valence-electron chi connectivity index (χ2n) is 5.09. The minimum atomic E-state index is -0.352. The maximum absolute atomic E-state index is 13.3. The fourth-order valence-corrected chi connectivity index (χ4v) is 3.62. The lowest BCUT2D eigenvalue weighted by Crippen LogP contribution is -2.16. The zero-order chi connectivity index (χ0) is 15.9. The highest BCUT2D eigenvalue weighted by Crippen LogP contribution is 2.36. The molecule has 7 heteroatoms. The normalized spacial score (nSPS) is 11.3. The van der Waals surface area contributed by atoms with E-state index >= 15 is 0 Å². The van der Waals surface area contributed by atoms with Gasteiger partial charge >= 0.3 is 0 Å². The van der Waals surface area contributed by atoms with Crippen molar-refractivity contribution in [1.29, 1.82) is 0 Å². The highest BCUT2D eigenvalue weighted by molar-refractivity contribution is 7.21. The molecule has 0 unspecified atom stereocenters. The molecule has 0 aliphatic heterocycles. The van der Waals surface area contributed by atoms with Crippen molar-refractivity contribution >= 4 is 44.7 Å². The van der Waals surface area contributed by atoms with E-state index in [0.29, 0.717) is 25.8 Å². The molecule has 22 heavy (non-hydrogen) atoms. The zero-order valence-electron chi connectivity index (χ0n) is 11.9. The molecule has 0 atom stereocenters. The van der Waals surface area contributed by atoms with E-state index in [-0.39, 0.29) is 17.8 Å². The third kappa shape index (κ3) is 2.60. The minimum absolute atomic E-state index is 0.122. The summed E-state index contributed by atoms with van der Waals surface area (Å²) in [5.41, 5.74) is 0. The van der Waals surface area contributed by atoms with Crippen LogP contribution in [0.3, 0.4) is 0 Å². The molecule has 0 saturated heterocycles. The molecule has 0 radical (unpaired) electrons. The van der Waals surface area contributed by atoms with E-state index in [9.17, 15) is 9.18 Å². The lowest BCUT2D eigenvalue weighted by molar-refractivity contribution is 0.102. The monoisotopic (exact) mass is 337 g/mol. The lowest BCUT2D eigenvalue weighted by Gasteiger charge is -2.11. The summed E-state index contributed by atoms with van der Waals surface area (Å²) in [6.45, 7) is 3.94. The molecule has 0 aliphatic rings. The van der Waals surface area contributed by atoms with Gasteiger partial charge in [0.15, 0.2) is 0 Å². The van der Waals surface area contributed by atoms with Crippen LogP contribution in [0, 0.1) is 5.82 Å². The first-order valence-corrected chi connectivity index (χ1v) is 7.89. The van der Waals surface area contributed by atoms with Gasteiger partial charge in [-0.1, -0.05) is 11.6 Å². The second kappa shape index (κ2) is 5.70. The smallest absolute Gasteiger partial charge is 0.268 e.